The van der Waals surface area contributed by atoms with E-state index in [0.717, 1.165) is 0 Å². The second kappa shape index (κ2) is 6.37. The van der Waals surface area contributed by atoms with Crippen molar-refractivity contribution in [3.63, 3.8) is 0 Å². The van der Waals surface area contributed by atoms with Gasteiger partial charge in [-0.15, -0.1) is 0 Å². The average molecular weight is 412 g/mol. The Balaban J connectivity index is 2.42. The molecule has 1 heterocycles. The molecule has 1 aromatic carbocycles. The van der Waals surface area contributed by atoms with E-state index in [-0.39, 0.29) is 21.4 Å². The molecule has 0 aliphatic rings. The summed E-state index contributed by atoms with van der Waals surface area (Å²) in [6, 6.07) is 5.76. The van der Waals surface area contributed by atoms with E-state index in [2.05, 4.69) is 31.1 Å². The monoisotopic (exact) mass is 410 g/mol. The summed E-state index contributed by atoms with van der Waals surface area (Å²) in [5, 5.41) is 0.564. The average Bonchev–Trinajstić information content (AvgIpc) is 2.42. The van der Waals surface area contributed by atoms with Crippen molar-refractivity contribution in [1.29, 1.82) is 0 Å². The van der Waals surface area contributed by atoms with Crippen molar-refractivity contribution in [2.24, 2.45) is 5.84 Å². The molecule has 0 amide bonds. The predicted molar refractivity (Wildman–Crippen MR) is 87.0 cm³/mol. The Bertz CT molecular complexity index is 786. The summed E-state index contributed by atoms with van der Waals surface area (Å²) in [6.45, 7) is 0. The summed E-state index contributed by atoms with van der Waals surface area (Å²) in [6.07, 6.45) is 1.42. The Hall–Kier alpha value is -1.06. The van der Waals surface area contributed by atoms with Crippen molar-refractivity contribution in [3.8, 4) is 0 Å². The molecule has 1 aromatic heterocycles. The first-order valence-corrected chi connectivity index (χ1v) is 8.47. The lowest BCUT2D eigenvalue weighted by molar-refractivity contribution is 0.601. The first-order valence-electron chi connectivity index (χ1n) is 5.43. The van der Waals surface area contributed by atoms with E-state index in [0.29, 0.717) is 9.50 Å². The minimum atomic E-state index is -3.89. The maximum atomic E-state index is 12.4. The quantitative estimate of drug-likeness (QED) is 0.530. The molecule has 0 radical (unpaired) electrons. The number of hydrogen-bond acceptors (Lipinski definition) is 5. The van der Waals surface area contributed by atoms with Crippen LogP contribution < -0.4 is 16.0 Å². The molecular weight excluding hydrogens is 403 g/mol. The summed E-state index contributed by atoms with van der Waals surface area (Å²) in [7, 11) is -3.89. The standard InChI is InChI=1S/C11H9BrCl2N4O2S/c12-6-3-10(11(17-15)16-5-6)21(19,20)18-7-1-2-8(13)9(14)4-7/h1-5,18H,15H2,(H,16,17). The van der Waals surface area contributed by atoms with Crippen LogP contribution in [-0.4, -0.2) is 13.4 Å². The fraction of sp³-hybridized carbons (Fsp3) is 0. The highest BCUT2D eigenvalue weighted by Gasteiger charge is 2.20. The second-order valence-corrected chi connectivity index (χ2v) is 7.26. The first kappa shape index (κ1) is 16.3. The number of benzene rings is 1. The number of nitrogens with one attached hydrogen (secondary N) is 2. The highest BCUT2D eigenvalue weighted by Crippen LogP contribution is 2.28. The highest BCUT2D eigenvalue weighted by molar-refractivity contribution is 9.10. The van der Waals surface area contributed by atoms with E-state index in [1.807, 2.05) is 0 Å². The van der Waals surface area contributed by atoms with Crippen molar-refractivity contribution >= 4 is 60.7 Å². The van der Waals surface area contributed by atoms with Gasteiger partial charge < -0.3 is 5.43 Å². The van der Waals surface area contributed by atoms with Gasteiger partial charge in [0.1, 0.15) is 4.90 Å². The third kappa shape index (κ3) is 3.78. The Kier molecular flexibility index (Phi) is 4.95. The van der Waals surface area contributed by atoms with E-state index in [4.69, 9.17) is 29.0 Å². The number of nitrogens with two attached hydrogens (primary N) is 1. The van der Waals surface area contributed by atoms with E-state index in [9.17, 15) is 8.42 Å². The molecule has 112 valence electrons. The van der Waals surface area contributed by atoms with Crippen molar-refractivity contribution in [2.45, 2.75) is 4.90 Å². The van der Waals surface area contributed by atoms with Crippen LogP contribution in [0.25, 0.3) is 0 Å². The van der Waals surface area contributed by atoms with E-state index < -0.39 is 10.0 Å². The van der Waals surface area contributed by atoms with Gasteiger partial charge in [-0.1, -0.05) is 23.2 Å². The largest absolute Gasteiger partial charge is 0.307 e. The summed E-state index contributed by atoms with van der Waals surface area (Å²) in [5.41, 5.74) is 2.51. The van der Waals surface area contributed by atoms with Gasteiger partial charge in [-0.2, -0.15) is 0 Å². The zero-order chi connectivity index (χ0) is 15.6. The fourth-order valence-corrected chi connectivity index (χ4v) is 3.48. The minimum absolute atomic E-state index is 0.0192. The maximum Gasteiger partial charge on any atom is 0.265 e. The molecule has 0 aliphatic carbocycles. The van der Waals surface area contributed by atoms with E-state index in [1.165, 1.54) is 30.5 Å². The summed E-state index contributed by atoms with van der Waals surface area (Å²) in [5.74, 6) is 5.30. The lowest BCUT2D eigenvalue weighted by Crippen LogP contribution is -2.18. The third-order valence-corrected chi connectivity index (χ3v) is 4.98. The molecule has 0 saturated carbocycles. The molecular formula is C11H9BrCl2N4O2S. The Morgan fingerprint density at radius 1 is 1.19 bits per heavy atom. The van der Waals surface area contributed by atoms with Crippen LogP contribution in [0.1, 0.15) is 0 Å². The van der Waals surface area contributed by atoms with Crippen molar-refractivity contribution in [2.75, 3.05) is 10.1 Å². The molecule has 0 bridgehead atoms. The van der Waals surface area contributed by atoms with Crippen LogP contribution in [-0.2, 0) is 10.0 Å². The Morgan fingerprint density at radius 2 is 1.90 bits per heavy atom. The van der Waals surface area contributed by atoms with Crippen LogP contribution in [0.3, 0.4) is 0 Å². The normalized spacial score (nSPS) is 11.2. The summed E-state index contributed by atoms with van der Waals surface area (Å²) < 4.78 is 27.6. The zero-order valence-corrected chi connectivity index (χ0v) is 14.2. The van der Waals surface area contributed by atoms with Gasteiger partial charge in [0.15, 0.2) is 5.82 Å². The Morgan fingerprint density at radius 3 is 2.52 bits per heavy atom. The number of pyridine rings is 1. The number of nitrogen functional groups attached to an aromatic ring is 1. The highest BCUT2D eigenvalue weighted by atomic mass is 79.9. The lowest BCUT2D eigenvalue weighted by atomic mass is 10.3. The van der Waals surface area contributed by atoms with Crippen molar-refractivity contribution in [3.05, 3.63) is 45.0 Å². The predicted octanol–water partition coefficient (Wildman–Crippen LogP) is 3.24. The molecule has 0 atom stereocenters. The molecule has 6 nitrogen and oxygen atoms in total. The molecule has 0 aliphatic heterocycles. The second-order valence-electron chi connectivity index (χ2n) is 3.88. The molecule has 2 rings (SSSR count). The van der Waals surface area contributed by atoms with E-state index in [1.54, 1.807) is 0 Å². The number of anilines is 2. The molecule has 21 heavy (non-hydrogen) atoms. The van der Waals surface area contributed by atoms with Crippen LogP contribution in [0.15, 0.2) is 39.8 Å². The number of rotatable bonds is 4. The van der Waals surface area contributed by atoms with Crippen LogP contribution >= 0.6 is 39.1 Å². The summed E-state index contributed by atoms with van der Waals surface area (Å²) in [4.78, 5) is 3.78. The van der Waals surface area contributed by atoms with Gasteiger partial charge in [-0.25, -0.2) is 19.2 Å². The first-order chi connectivity index (χ1) is 9.83. The van der Waals surface area contributed by atoms with Crippen molar-refractivity contribution in [1.82, 2.24) is 4.98 Å². The lowest BCUT2D eigenvalue weighted by Gasteiger charge is -2.12. The molecule has 10 heteroatoms. The molecule has 2 aromatic rings. The van der Waals surface area contributed by atoms with Gasteiger partial charge in [0.25, 0.3) is 10.0 Å². The SMILES string of the molecule is NNc1ncc(Br)cc1S(=O)(=O)Nc1ccc(Cl)c(Cl)c1. The number of sulfonamides is 1. The molecule has 0 saturated heterocycles. The molecule has 0 unspecified atom stereocenters. The smallest absolute Gasteiger partial charge is 0.265 e. The van der Waals surface area contributed by atoms with Crippen LogP contribution in [0.5, 0.6) is 0 Å². The molecule has 0 spiro atoms. The van der Waals surface area contributed by atoms with Crippen LogP contribution in [0.4, 0.5) is 11.5 Å². The Labute approximate surface area is 139 Å². The van der Waals surface area contributed by atoms with Gasteiger partial charge in [0, 0.05) is 10.7 Å². The van der Waals surface area contributed by atoms with Gasteiger partial charge >= 0.3 is 0 Å². The topological polar surface area (TPSA) is 97.1 Å². The third-order valence-electron chi connectivity index (χ3n) is 2.42. The van der Waals surface area contributed by atoms with Gasteiger partial charge in [-0.05, 0) is 40.2 Å². The maximum absolute atomic E-state index is 12.4. The van der Waals surface area contributed by atoms with Crippen LogP contribution in [0, 0.1) is 0 Å². The van der Waals surface area contributed by atoms with Gasteiger partial charge in [0.05, 0.1) is 15.7 Å². The number of halogens is 3. The number of aromatic nitrogens is 1. The van der Waals surface area contributed by atoms with Crippen molar-refractivity contribution < 1.29 is 8.42 Å². The molecule has 0 fully saturated rings. The fourth-order valence-electron chi connectivity index (χ4n) is 1.50. The number of hydrazine groups is 1. The summed E-state index contributed by atoms with van der Waals surface area (Å²) >= 11 is 14.8. The number of hydrogen-bond donors (Lipinski definition) is 3. The van der Waals surface area contributed by atoms with Gasteiger partial charge in [-0.3, -0.25) is 4.72 Å². The zero-order valence-electron chi connectivity index (χ0n) is 10.3. The number of nitrogens with zero attached hydrogens (tertiary/aromatic N) is 1. The molecule has 4 N–H and O–H groups in total. The van der Waals surface area contributed by atoms with Crippen LogP contribution in [0.2, 0.25) is 10.0 Å². The van der Waals surface area contributed by atoms with E-state index >= 15 is 0 Å². The minimum Gasteiger partial charge on any atom is -0.307 e. The van der Waals surface area contributed by atoms with Gasteiger partial charge in [0.2, 0.25) is 0 Å².